The Balaban J connectivity index is 0.00000109. The Morgan fingerprint density at radius 2 is 1.73 bits per heavy atom. The van der Waals surface area contributed by atoms with Crippen LogP contribution in [0.1, 0.15) is 94.3 Å². The summed E-state index contributed by atoms with van der Waals surface area (Å²) < 4.78 is 16.2. The van der Waals surface area contributed by atoms with Gasteiger partial charge >= 0.3 is 0 Å². The predicted molar refractivity (Wildman–Crippen MR) is 189 cm³/mol. The molecule has 0 aromatic carbocycles. The highest BCUT2D eigenvalue weighted by molar-refractivity contribution is 7.99. The van der Waals surface area contributed by atoms with Gasteiger partial charge in [0, 0.05) is 30.6 Å². The van der Waals surface area contributed by atoms with E-state index in [4.69, 9.17) is 0 Å². The van der Waals surface area contributed by atoms with Crippen LogP contribution in [-0.2, 0) is 11.8 Å². The van der Waals surface area contributed by atoms with E-state index in [0.29, 0.717) is 17.9 Å². The first-order valence-electron chi connectivity index (χ1n) is 16.3. The average Bonchev–Trinajstić information content (AvgIpc) is 3.33. The number of aryl methyl sites for hydroxylation is 3. The molecule has 2 fully saturated rings. The largest absolute Gasteiger partial charge is 0.349 e. The summed E-state index contributed by atoms with van der Waals surface area (Å²) in [4.78, 5) is 29.7. The van der Waals surface area contributed by atoms with Gasteiger partial charge in [-0.25, -0.2) is 9.37 Å². The molecule has 45 heavy (non-hydrogen) atoms. The van der Waals surface area contributed by atoms with Crippen molar-refractivity contribution in [2.45, 2.75) is 92.5 Å². The van der Waals surface area contributed by atoms with Crippen LogP contribution in [0.5, 0.6) is 0 Å². The molecular formula is C37H55FN4O2S. The van der Waals surface area contributed by atoms with E-state index in [1.165, 1.54) is 6.08 Å². The van der Waals surface area contributed by atoms with Gasteiger partial charge in [-0.05, 0) is 112 Å². The van der Waals surface area contributed by atoms with Crippen LogP contribution < -0.4 is 5.32 Å². The SMILES string of the molecule is C=C.C=C(CC(C=O)C1CCSCC1)/C(=C\C(F)=C/C)C1CCC(NC(=O)c2cnc3c(c(C)nn3C)c2C)CC1.CC(C)C. The van der Waals surface area contributed by atoms with Gasteiger partial charge in [0.2, 0.25) is 0 Å². The van der Waals surface area contributed by atoms with E-state index in [2.05, 4.69) is 55.9 Å². The zero-order valence-electron chi connectivity index (χ0n) is 28.6. The lowest BCUT2D eigenvalue weighted by Gasteiger charge is -2.33. The predicted octanol–water partition coefficient (Wildman–Crippen LogP) is 9.04. The maximum Gasteiger partial charge on any atom is 0.253 e. The van der Waals surface area contributed by atoms with Crippen molar-refractivity contribution in [2.75, 3.05) is 11.5 Å². The molecular weight excluding hydrogens is 583 g/mol. The number of carbonyl (C=O) groups excluding carboxylic acids is 2. The van der Waals surface area contributed by atoms with Crippen LogP contribution in [-0.4, -0.2) is 44.5 Å². The maximum absolute atomic E-state index is 14.5. The van der Waals surface area contributed by atoms with Crippen LogP contribution in [0, 0.1) is 37.5 Å². The molecule has 1 aliphatic carbocycles. The van der Waals surface area contributed by atoms with Crippen molar-refractivity contribution in [1.82, 2.24) is 20.1 Å². The molecule has 0 bridgehead atoms. The van der Waals surface area contributed by atoms with Gasteiger partial charge in [0.15, 0.2) is 5.65 Å². The Hall–Kier alpha value is -3.00. The summed E-state index contributed by atoms with van der Waals surface area (Å²) in [5.41, 5.74) is 4.89. The van der Waals surface area contributed by atoms with Crippen LogP contribution >= 0.6 is 11.8 Å². The topological polar surface area (TPSA) is 76.9 Å². The Kier molecular flexibility index (Phi) is 16.0. The molecule has 1 saturated heterocycles. The molecule has 4 rings (SSSR count). The summed E-state index contributed by atoms with van der Waals surface area (Å²) in [7, 11) is 1.85. The van der Waals surface area contributed by atoms with Gasteiger partial charge in [-0.3, -0.25) is 9.48 Å². The number of aldehydes is 1. The number of halogens is 1. The Morgan fingerprint density at radius 1 is 1.13 bits per heavy atom. The van der Waals surface area contributed by atoms with Crippen LogP contribution in [0.2, 0.25) is 0 Å². The van der Waals surface area contributed by atoms with Gasteiger partial charge < -0.3 is 10.1 Å². The zero-order chi connectivity index (χ0) is 33.7. The van der Waals surface area contributed by atoms with E-state index in [9.17, 15) is 14.0 Å². The van der Waals surface area contributed by atoms with Crippen molar-refractivity contribution in [3.63, 3.8) is 0 Å². The van der Waals surface area contributed by atoms with Gasteiger partial charge in [0.25, 0.3) is 5.91 Å². The summed E-state index contributed by atoms with van der Waals surface area (Å²) in [6.07, 6.45) is 11.8. The van der Waals surface area contributed by atoms with Crippen molar-refractivity contribution in [3.8, 4) is 0 Å². The number of nitrogens with one attached hydrogen (secondary N) is 1. The fourth-order valence-electron chi connectivity index (χ4n) is 6.24. The highest BCUT2D eigenvalue weighted by Gasteiger charge is 2.30. The second-order valence-corrected chi connectivity index (χ2v) is 14.0. The first kappa shape index (κ1) is 38.2. The lowest BCUT2D eigenvalue weighted by Crippen LogP contribution is -2.38. The number of hydrogen-bond acceptors (Lipinski definition) is 5. The third-order valence-corrected chi connectivity index (χ3v) is 9.59. The third kappa shape index (κ3) is 10.8. The minimum atomic E-state index is -0.276. The summed E-state index contributed by atoms with van der Waals surface area (Å²) >= 11 is 1.95. The summed E-state index contributed by atoms with van der Waals surface area (Å²) in [5, 5.41) is 8.58. The Bertz CT molecular complexity index is 1350. The number of pyridine rings is 1. The molecule has 1 aliphatic heterocycles. The number of nitrogens with zero attached hydrogens (tertiary/aromatic N) is 3. The van der Waals surface area contributed by atoms with Gasteiger partial charge in [0.1, 0.15) is 12.1 Å². The maximum atomic E-state index is 14.5. The standard InChI is InChI=1S/C31H41FN4O2S.C4H10.C2H4/c1-6-25(32)16-27(19(2)15-24(18-37)22-11-13-39-14-12-22)23-7-9-26(10-8-23)34-31(38)28-17-33-30-29(20(28)3)21(4)35-36(30)5;1-4(2)3;1-2/h6,16-18,22-24,26H,2,7-15H2,1,3-5H3,(H,34,38);4H,1-3H3;1-2H2/b25-6+,27-16+;;. The molecule has 1 amide bonds. The monoisotopic (exact) mass is 638 g/mol. The van der Waals surface area contributed by atoms with Gasteiger partial charge in [0.05, 0.1) is 11.3 Å². The van der Waals surface area contributed by atoms with E-state index in [-0.39, 0.29) is 29.6 Å². The average molecular weight is 639 g/mol. The Morgan fingerprint density at radius 3 is 2.29 bits per heavy atom. The van der Waals surface area contributed by atoms with Gasteiger partial charge in [-0.1, -0.05) is 39.0 Å². The molecule has 1 unspecified atom stereocenters. The van der Waals surface area contributed by atoms with Crippen molar-refractivity contribution in [2.24, 2.45) is 30.7 Å². The highest BCUT2D eigenvalue weighted by Crippen LogP contribution is 2.38. The van der Waals surface area contributed by atoms with E-state index in [0.717, 1.165) is 95.7 Å². The fourth-order valence-corrected chi connectivity index (χ4v) is 7.39. The number of thioether (sulfide) groups is 1. The molecule has 3 heterocycles. The van der Waals surface area contributed by atoms with Crippen molar-refractivity contribution < 1.29 is 14.0 Å². The quantitative estimate of drug-likeness (QED) is 0.168. The second-order valence-electron chi connectivity index (χ2n) is 12.8. The molecule has 248 valence electrons. The fraction of sp³-hybridized carbons (Fsp3) is 0.568. The molecule has 1 N–H and O–H groups in total. The molecule has 2 aliphatic rings. The molecule has 2 aromatic rings. The van der Waals surface area contributed by atoms with Gasteiger partial charge in [-0.2, -0.15) is 16.9 Å². The molecule has 1 atom stereocenters. The normalized spacial score (nSPS) is 20.0. The minimum absolute atomic E-state index is 0.0439. The van der Waals surface area contributed by atoms with E-state index in [1.54, 1.807) is 23.9 Å². The van der Waals surface area contributed by atoms with Crippen LogP contribution in [0.15, 0.2) is 55.1 Å². The minimum Gasteiger partial charge on any atom is -0.349 e. The molecule has 0 spiro atoms. The smallest absolute Gasteiger partial charge is 0.253 e. The summed E-state index contributed by atoms with van der Waals surface area (Å²) in [5.74, 6) is 3.10. The molecule has 8 heteroatoms. The highest BCUT2D eigenvalue weighted by atomic mass is 32.2. The van der Waals surface area contributed by atoms with E-state index >= 15 is 0 Å². The zero-order valence-corrected chi connectivity index (χ0v) is 29.4. The molecule has 1 saturated carbocycles. The van der Waals surface area contributed by atoms with Crippen molar-refractivity contribution >= 4 is 35.0 Å². The summed E-state index contributed by atoms with van der Waals surface area (Å²) in [6.45, 7) is 22.4. The third-order valence-electron chi connectivity index (χ3n) is 8.54. The number of rotatable bonds is 9. The number of carbonyl (C=O) groups is 2. The number of fused-ring (bicyclic) bond motifs is 1. The van der Waals surface area contributed by atoms with Crippen LogP contribution in [0.4, 0.5) is 4.39 Å². The lowest BCUT2D eigenvalue weighted by atomic mass is 9.75. The number of amides is 1. The van der Waals surface area contributed by atoms with E-state index < -0.39 is 0 Å². The number of hydrogen-bond donors (Lipinski definition) is 1. The first-order valence-corrected chi connectivity index (χ1v) is 17.5. The molecule has 2 aromatic heterocycles. The van der Waals surface area contributed by atoms with E-state index in [1.807, 2.05) is 32.7 Å². The van der Waals surface area contributed by atoms with Crippen LogP contribution in [0.25, 0.3) is 11.0 Å². The van der Waals surface area contributed by atoms with Crippen LogP contribution in [0.3, 0.4) is 0 Å². The van der Waals surface area contributed by atoms with Crippen molar-refractivity contribution in [3.05, 3.63) is 71.9 Å². The number of allylic oxidation sites excluding steroid dienone is 5. The molecule has 0 radical (unpaired) electrons. The lowest BCUT2D eigenvalue weighted by molar-refractivity contribution is -0.112. The summed E-state index contributed by atoms with van der Waals surface area (Å²) in [6, 6.07) is 0.0439. The first-order chi connectivity index (χ1) is 21.5. The van der Waals surface area contributed by atoms with Crippen molar-refractivity contribution in [1.29, 1.82) is 0 Å². The second kappa shape index (κ2) is 18.8. The number of aromatic nitrogens is 3. The molecule has 6 nitrogen and oxygen atoms in total. The van der Waals surface area contributed by atoms with Gasteiger partial charge in [-0.15, -0.1) is 13.2 Å². The Labute approximate surface area is 275 Å².